The number of carbonyl (C=O) groups is 1. The van der Waals surface area contributed by atoms with Crippen LogP contribution in [0.5, 0.6) is 0 Å². The van der Waals surface area contributed by atoms with E-state index in [-0.39, 0.29) is 5.91 Å². The lowest BCUT2D eigenvalue weighted by Crippen LogP contribution is -2.52. The van der Waals surface area contributed by atoms with E-state index in [1.807, 2.05) is 25.1 Å². The van der Waals surface area contributed by atoms with Crippen LogP contribution in [0.1, 0.15) is 32.4 Å². The second kappa shape index (κ2) is 6.50. The standard InChI is InChI=1S/C14H23N3O/c1-4-9-14(2,15)13(18)17(3)11-8-12-7-5-6-10-16-12/h5-7,10H,4,8-9,11,15H2,1-3H3. The average Bonchev–Trinajstić information content (AvgIpc) is 2.36. The third-order valence-corrected chi connectivity index (χ3v) is 3.03. The molecule has 0 aliphatic heterocycles. The summed E-state index contributed by atoms with van der Waals surface area (Å²) < 4.78 is 0. The van der Waals surface area contributed by atoms with Gasteiger partial charge in [-0.2, -0.15) is 0 Å². The van der Waals surface area contributed by atoms with E-state index in [0.717, 1.165) is 18.5 Å². The highest BCUT2D eigenvalue weighted by Gasteiger charge is 2.29. The summed E-state index contributed by atoms with van der Waals surface area (Å²) in [6, 6.07) is 5.80. The van der Waals surface area contributed by atoms with Crippen LogP contribution in [-0.4, -0.2) is 34.9 Å². The van der Waals surface area contributed by atoms with Crippen molar-refractivity contribution in [2.75, 3.05) is 13.6 Å². The fourth-order valence-electron chi connectivity index (χ4n) is 1.99. The quantitative estimate of drug-likeness (QED) is 0.833. The smallest absolute Gasteiger partial charge is 0.242 e. The summed E-state index contributed by atoms with van der Waals surface area (Å²) in [6.07, 6.45) is 4.14. The lowest BCUT2D eigenvalue weighted by molar-refractivity contribution is -0.135. The normalized spacial score (nSPS) is 14.0. The molecule has 1 aromatic rings. The minimum atomic E-state index is -0.756. The molecule has 2 N–H and O–H groups in total. The van der Waals surface area contributed by atoms with Gasteiger partial charge in [0.05, 0.1) is 5.54 Å². The number of hydrogen-bond acceptors (Lipinski definition) is 3. The number of aromatic nitrogens is 1. The largest absolute Gasteiger partial charge is 0.344 e. The number of carbonyl (C=O) groups excluding carboxylic acids is 1. The van der Waals surface area contributed by atoms with Gasteiger partial charge in [-0.25, -0.2) is 0 Å². The summed E-state index contributed by atoms with van der Waals surface area (Å²) in [5.41, 5.74) is 6.27. The number of nitrogens with zero attached hydrogens (tertiary/aromatic N) is 2. The van der Waals surface area contributed by atoms with Crippen LogP contribution in [0.15, 0.2) is 24.4 Å². The molecule has 0 radical (unpaired) electrons. The minimum absolute atomic E-state index is 0.000260. The Hall–Kier alpha value is -1.42. The molecule has 0 spiro atoms. The van der Waals surface area contributed by atoms with E-state index >= 15 is 0 Å². The van der Waals surface area contributed by atoms with Crippen molar-refractivity contribution < 1.29 is 4.79 Å². The number of hydrogen-bond donors (Lipinski definition) is 1. The van der Waals surface area contributed by atoms with Crippen molar-refractivity contribution in [1.29, 1.82) is 0 Å². The summed E-state index contributed by atoms with van der Waals surface area (Å²) in [5.74, 6) is 0.000260. The first-order valence-electron chi connectivity index (χ1n) is 6.41. The van der Waals surface area contributed by atoms with E-state index in [2.05, 4.69) is 4.98 Å². The van der Waals surface area contributed by atoms with Gasteiger partial charge in [-0.15, -0.1) is 0 Å². The zero-order valence-electron chi connectivity index (χ0n) is 11.5. The molecular weight excluding hydrogens is 226 g/mol. The number of nitrogens with two attached hydrogens (primary N) is 1. The molecule has 4 heteroatoms. The molecule has 0 fully saturated rings. The second-order valence-electron chi connectivity index (χ2n) is 4.97. The molecule has 0 bridgehead atoms. The molecule has 4 nitrogen and oxygen atoms in total. The summed E-state index contributed by atoms with van der Waals surface area (Å²) in [5, 5.41) is 0. The molecule has 18 heavy (non-hydrogen) atoms. The van der Waals surface area contributed by atoms with Crippen LogP contribution in [-0.2, 0) is 11.2 Å². The van der Waals surface area contributed by atoms with Gasteiger partial charge in [-0.05, 0) is 25.5 Å². The first-order chi connectivity index (χ1) is 8.47. The minimum Gasteiger partial charge on any atom is -0.344 e. The Labute approximate surface area is 109 Å². The monoisotopic (exact) mass is 249 g/mol. The fourth-order valence-corrected chi connectivity index (χ4v) is 1.99. The van der Waals surface area contributed by atoms with Crippen LogP contribution in [0, 0.1) is 0 Å². The maximum atomic E-state index is 12.2. The van der Waals surface area contributed by atoms with Crippen molar-refractivity contribution in [2.24, 2.45) is 5.73 Å². The van der Waals surface area contributed by atoms with Crippen molar-refractivity contribution in [3.05, 3.63) is 30.1 Å². The Morgan fingerprint density at radius 1 is 1.50 bits per heavy atom. The van der Waals surface area contributed by atoms with Gasteiger partial charge in [-0.3, -0.25) is 9.78 Å². The lowest BCUT2D eigenvalue weighted by atomic mass is 9.96. The Kier molecular flexibility index (Phi) is 5.28. The summed E-state index contributed by atoms with van der Waals surface area (Å²) in [7, 11) is 1.80. The van der Waals surface area contributed by atoms with Crippen LogP contribution in [0.25, 0.3) is 0 Å². The molecule has 0 aliphatic carbocycles. The molecule has 0 aromatic carbocycles. The zero-order valence-corrected chi connectivity index (χ0v) is 11.5. The molecule has 0 aliphatic rings. The van der Waals surface area contributed by atoms with Gasteiger partial charge in [0.25, 0.3) is 0 Å². The van der Waals surface area contributed by atoms with Gasteiger partial charge in [0.2, 0.25) is 5.91 Å². The van der Waals surface area contributed by atoms with E-state index in [9.17, 15) is 4.79 Å². The predicted molar refractivity (Wildman–Crippen MR) is 73.1 cm³/mol. The van der Waals surface area contributed by atoms with Gasteiger partial charge >= 0.3 is 0 Å². The molecule has 1 unspecified atom stereocenters. The number of amides is 1. The van der Waals surface area contributed by atoms with Crippen molar-refractivity contribution >= 4 is 5.91 Å². The van der Waals surface area contributed by atoms with Gasteiger partial charge in [0.15, 0.2) is 0 Å². The summed E-state index contributed by atoms with van der Waals surface area (Å²) >= 11 is 0. The first kappa shape index (κ1) is 14.6. The molecule has 0 saturated heterocycles. The molecule has 1 amide bonds. The molecular formula is C14H23N3O. The van der Waals surface area contributed by atoms with Crippen molar-refractivity contribution in [2.45, 2.75) is 38.6 Å². The van der Waals surface area contributed by atoms with Gasteiger partial charge in [-0.1, -0.05) is 19.4 Å². The molecule has 1 rings (SSSR count). The molecule has 1 heterocycles. The first-order valence-corrected chi connectivity index (χ1v) is 6.41. The van der Waals surface area contributed by atoms with Crippen LogP contribution >= 0.6 is 0 Å². The molecule has 0 saturated carbocycles. The highest BCUT2D eigenvalue weighted by molar-refractivity contribution is 5.85. The van der Waals surface area contributed by atoms with Crippen molar-refractivity contribution in [1.82, 2.24) is 9.88 Å². The Bertz CT molecular complexity index is 376. The highest BCUT2D eigenvalue weighted by atomic mass is 16.2. The SMILES string of the molecule is CCCC(C)(N)C(=O)N(C)CCc1ccccn1. The van der Waals surface area contributed by atoms with Gasteiger partial charge in [0.1, 0.15) is 0 Å². The highest BCUT2D eigenvalue weighted by Crippen LogP contribution is 2.12. The topological polar surface area (TPSA) is 59.2 Å². The summed E-state index contributed by atoms with van der Waals surface area (Å²) in [6.45, 7) is 4.48. The zero-order chi connectivity index (χ0) is 13.6. The van der Waals surface area contributed by atoms with E-state index in [1.165, 1.54) is 0 Å². The third kappa shape index (κ3) is 4.11. The van der Waals surface area contributed by atoms with Crippen LogP contribution in [0.3, 0.4) is 0 Å². The molecule has 100 valence electrons. The van der Waals surface area contributed by atoms with Crippen molar-refractivity contribution in [3.8, 4) is 0 Å². The van der Waals surface area contributed by atoms with Crippen LogP contribution in [0.4, 0.5) is 0 Å². The number of pyridine rings is 1. The maximum Gasteiger partial charge on any atom is 0.242 e. The fraction of sp³-hybridized carbons (Fsp3) is 0.571. The van der Waals surface area contributed by atoms with Crippen molar-refractivity contribution in [3.63, 3.8) is 0 Å². The lowest BCUT2D eigenvalue weighted by Gasteiger charge is -2.28. The molecule has 1 aromatic heterocycles. The predicted octanol–water partition coefficient (Wildman–Crippen LogP) is 1.60. The van der Waals surface area contributed by atoms with Crippen LogP contribution in [0.2, 0.25) is 0 Å². The van der Waals surface area contributed by atoms with Gasteiger partial charge < -0.3 is 10.6 Å². The average molecular weight is 249 g/mol. The Morgan fingerprint density at radius 3 is 2.78 bits per heavy atom. The Balaban J connectivity index is 2.50. The number of likely N-dealkylation sites (N-methyl/N-ethyl adjacent to an activating group) is 1. The summed E-state index contributed by atoms with van der Waals surface area (Å²) in [4.78, 5) is 18.1. The van der Waals surface area contributed by atoms with E-state index in [4.69, 9.17) is 5.73 Å². The maximum absolute atomic E-state index is 12.2. The van der Waals surface area contributed by atoms with Gasteiger partial charge in [0, 0.05) is 31.9 Å². The molecule has 1 atom stereocenters. The van der Waals surface area contributed by atoms with Crippen LogP contribution < -0.4 is 5.73 Å². The third-order valence-electron chi connectivity index (χ3n) is 3.03. The van der Waals surface area contributed by atoms with E-state index in [0.29, 0.717) is 13.0 Å². The van der Waals surface area contributed by atoms with E-state index < -0.39 is 5.54 Å². The second-order valence-corrected chi connectivity index (χ2v) is 4.97. The van der Waals surface area contributed by atoms with E-state index in [1.54, 1.807) is 25.1 Å². The number of rotatable bonds is 6. The Morgan fingerprint density at radius 2 is 2.22 bits per heavy atom.